The molecule has 37 heavy (non-hydrogen) atoms. The largest absolute Gasteiger partial charge is 0.512 e. The Morgan fingerprint density at radius 1 is 1.05 bits per heavy atom. The van der Waals surface area contributed by atoms with E-state index in [9.17, 15) is 4.79 Å². The van der Waals surface area contributed by atoms with Gasteiger partial charge in [-0.05, 0) is 53.6 Å². The van der Waals surface area contributed by atoms with Crippen molar-refractivity contribution in [2.75, 3.05) is 0 Å². The SMILES string of the molecule is CC(=O)/C=C(/C)O.CC1(C)c2ccc[c-]c2B(c2cc3ccccc3cn2)C2Sc3ccccc3C21.[Ir]. The molecule has 3 aromatic carbocycles. The number of carbonyl (C=O) groups excluding carboxylic acids is 1. The first kappa shape index (κ1) is 27.4. The molecule has 3 heterocycles. The van der Waals surface area contributed by atoms with E-state index in [-0.39, 0.29) is 43.8 Å². The third kappa shape index (κ3) is 5.20. The minimum atomic E-state index is -0.125. The second kappa shape index (κ2) is 11.0. The second-order valence-corrected chi connectivity index (χ2v) is 11.4. The van der Waals surface area contributed by atoms with Crippen molar-refractivity contribution in [3.63, 3.8) is 0 Å². The predicted molar refractivity (Wildman–Crippen MR) is 151 cm³/mol. The summed E-state index contributed by atoms with van der Waals surface area (Å²) in [5, 5.41) is 11.3. The van der Waals surface area contributed by atoms with Gasteiger partial charge in [0.1, 0.15) is 0 Å². The van der Waals surface area contributed by atoms with Crippen LogP contribution in [0, 0.1) is 6.07 Å². The Bertz CT molecular complexity index is 1480. The van der Waals surface area contributed by atoms with Gasteiger partial charge in [0.05, 0.1) is 5.76 Å². The molecule has 6 rings (SSSR count). The zero-order valence-electron chi connectivity index (χ0n) is 21.4. The zero-order valence-corrected chi connectivity index (χ0v) is 24.6. The average molecular weight is 683 g/mol. The maximum Gasteiger partial charge on any atom is 0.222 e. The van der Waals surface area contributed by atoms with Gasteiger partial charge in [-0.25, -0.2) is 0 Å². The molecule has 0 saturated heterocycles. The van der Waals surface area contributed by atoms with Crippen LogP contribution in [0.25, 0.3) is 10.8 Å². The van der Waals surface area contributed by atoms with E-state index in [1.165, 1.54) is 57.8 Å². The van der Waals surface area contributed by atoms with Gasteiger partial charge in [-0.1, -0.05) is 56.3 Å². The first-order chi connectivity index (χ1) is 17.3. The van der Waals surface area contributed by atoms with Crippen LogP contribution in [0.15, 0.2) is 95.7 Å². The van der Waals surface area contributed by atoms with Gasteiger partial charge in [-0.2, -0.15) is 35.3 Å². The fourth-order valence-electron chi connectivity index (χ4n) is 5.78. The number of fused-ring (bicyclic) bond motifs is 5. The predicted octanol–water partition coefficient (Wildman–Crippen LogP) is 5.77. The van der Waals surface area contributed by atoms with E-state index >= 15 is 0 Å². The van der Waals surface area contributed by atoms with Crippen LogP contribution in [0.1, 0.15) is 44.7 Å². The maximum atomic E-state index is 10.0. The quantitative estimate of drug-likeness (QED) is 0.126. The van der Waals surface area contributed by atoms with E-state index in [4.69, 9.17) is 10.1 Å². The number of allylic oxidation sites excluding steroid dienone is 2. The van der Waals surface area contributed by atoms with Gasteiger partial charge in [0.15, 0.2) is 5.78 Å². The molecule has 2 aliphatic heterocycles. The summed E-state index contributed by atoms with van der Waals surface area (Å²) >= 11 is 2.03. The van der Waals surface area contributed by atoms with Gasteiger partial charge in [0.25, 0.3) is 0 Å². The van der Waals surface area contributed by atoms with E-state index < -0.39 is 0 Å². The standard InChI is InChI=1S/C26H21BNS.C5H8O2.Ir/c1-26(2)20-12-6-7-13-21(20)27(23-15-17-9-3-4-10-18(17)16-28-23)25-24(26)19-11-5-8-14-22(19)29-25;1-4(6)3-5(2)7;/h3-12,14-16,24-25H,1-2H3;3,6H,1-2H3;/q-1;;/b;4-3-;. The molecular formula is C31H29BIrNO2S-. The Balaban J connectivity index is 0.000000356. The third-order valence-electron chi connectivity index (χ3n) is 7.23. The number of hydrogen-bond donors (Lipinski definition) is 1. The topological polar surface area (TPSA) is 50.2 Å². The van der Waals surface area contributed by atoms with Crippen molar-refractivity contribution in [3.05, 3.63) is 108 Å². The molecule has 0 fully saturated rings. The summed E-state index contributed by atoms with van der Waals surface area (Å²) < 4.78 is 0. The molecule has 0 amide bonds. The fraction of sp³-hybridized carbons (Fsp3) is 0.226. The summed E-state index contributed by atoms with van der Waals surface area (Å²) in [6.45, 7) is 7.90. The molecule has 2 unspecified atom stereocenters. The number of hydrogen-bond acceptors (Lipinski definition) is 4. The monoisotopic (exact) mass is 683 g/mol. The zero-order chi connectivity index (χ0) is 25.4. The van der Waals surface area contributed by atoms with Gasteiger partial charge >= 0.3 is 0 Å². The first-order valence-electron chi connectivity index (χ1n) is 12.3. The van der Waals surface area contributed by atoms with Crippen molar-refractivity contribution in [2.45, 2.75) is 49.1 Å². The molecule has 2 aliphatic rings. The summed E-state index contributed by atoms with van der Waals surface area (Å²) in [6, 6.07) is 29.9. The number of pyridine rings is 1. The van der Waals surface area contributed by atoms with E-state index in [1.54, 1.807) is 0 Å². The fourth-order valence-corrected chi connectivity index (χ4v) is 7.59. The number of rotatable bonds is 2. The molecule has 0 spiro atoms. The van der Waals surface area contributed by atoms with Crippen molar-refractivity contribution >= 4 is 46.1 Å². The van der Waals surface area contributed by atoms with Crippen LogP contribution in [0.3, 0.4) is 0 Å². The van der Waals surface area contributed by atoms with Crippen molar-refractivity contribution in [3.8, 4) is 0 Å². The van der Waals surface area contributed by atoms with Crippen LogP contribution < -0.4 is 11.1 Å². The smallest absolute Gasteiger partial charge is 0.222 e. The Labute approximate surface area is 237 Å². The van der Waals surface area contributed by atoms with Gasteiger partial charge in [0, 0.05) is 48.0 Å². The summed E-state index contributed by atoms with van der Waals surface area (Å²) in [7, 11) is 0. The van der Waals surface area contributed by atoms with Gasteiger partial charge in [-0.15, -0.1) is 11.8 Å². The van der Waals surface area contributed by atoms with Crippen LogP contribution in [-0.2, 0) is 30.3 Å². The maximum absolute atomic E-state index is 10.0. The minimum absolute atomic E-state index is 0. The number of carbonyl (C=O) groups is 1. The Morgan fingerprint density at radius 3 is 2.46 bits per heavy atom. The van der Waals surface area contributed by atoms with E-state index in [2.05, 4.69) is 92.7 Å². The number of benzene rings is 3. The summed E-state index contributed by atoms with van der Waals surface area (Å²) in [5.41, 5.74) is 5.45. The first-order valence-corrected chi connectivity index (χ1v) is 13.1. The number of aliphatic hydroxyl groups excluding tert-OH is 1. The molecular weight excluding hydrogens is 653 g/mol. The molecule has 0 aliphatic carbocycles. The molecule has 0 saturated carbocycles. The van der Waals surface area contributed by atoms with E-state index in [0.29, 0.717) is 11.1 Å². The van der Waals surface area contributed by atoms with Gasteiger partial charge < -0.3 is 5.11 Å². The number of thioether (sulfide) groups is 1. The van der Waals surface area contributed by atoms with Gasteiger partial charge in [0.2, 0.25) is 6.71 Å². The Kier molecular flexibility index (Phi) is 8.13. The molecule has 0 bridgehead atoms. The Morgan fingerprint density at radius 2 is 1.76 bits per heavy atom. The van der Waals surface area contributed by atoms with Crippen molar-refractivity contribution in [2.24, 2.45) is 0 Å². The molecule has 2 atom stereocenters. The third-order valence-corrected chi connectivity index (χ3v) is 8.67. The summed E-state index contributed by atoms with van der Waals surface area (Å²) in [6.07, 6.45) is 3.20. The number of ketones is 1. The number of nitrogens with zero attached hydrogens (tertiary/aromatic N) is 1. The van der Waals surface area contributed by atoms with Crippen molar-refractivity contribution < 1.29 is 30.0 Å². The Hall–Kier alpha value is -2.66. The normalized spacial score (nSPS) is 19.0. The molecule has 1 N–H and O–H groups in total. The van der Waals surface area contributed by atoms with Gasteiger partial charge in [-0.3, -0.25) is 9.78 Å². The molecule has 6 heteroatoms. The minimum Gasteiger partial charge on any atom is -0.512 e. The van der Waals surface area contributed by atoms with Crippen LogP contribution in [-0.4, -0.2) is 27.7 Å². The molecule has 1 aromatic heterocycles. The second-order valence-electron chi connectivity index (χ2n) is 10.1. The molecule has 3 nitrogen and oxygen atoms in total. The van der Waals surface area contributed by atoms with Crippen LogP contribution in [0.2, 0.25) is 0 Å². The van der Waals surface area contributed by atoms with E-state index in [1.807, 2.05) is 18.0 Å². The molecule has 1 radical (unpaired) electrons. The summed E-state index contributed by atoms with van der Waals surface area (Å²) in [4.78, 5) is 16.4. The molecule has 189 valence electrons. The summed E-state index contributed by atoms with van der Waals surface area (Å²) in [5.74, 6) is 0.401. The van der Waals surface area contributed by atoms with Crippen molar-refractivity contribution in [1.82, 2.24) is 4.98 Å². The number of aromatic nitrogens is 1. The average Bonchev–Trinajstić information content (AvgIpc) is 3.24. The van der Waals surface area contributed by atoms with E-state index in [0.717, 1.165) is 0 Å². The number of aliphatic hydroxyl groups is 1. The van der Waals surface area contributed by atoms with Crippen molar-refractivity contribution in [1.29, 1.82) is 0 Å². The molecule has 4 aromatic rings. The van der Waals surface area contributed by atoms with Crippen LogP contribution in [0.5, 0.6) is 0 Å². The van der Waals surface area contributed by atoms with Crippen LogP contribution in [0.4, 0.5) is 0 Å². The van der Waals surface area contributed by atoms with Crippen LogP contribution >= 0.6 is 11.8 Å².